The van der Waals surface area contributed by atoms with Crippen LogP contribution in [0.2, 0.25) is 0 Å². The SMILES string of the molecule is O=S1(=O)C[C@@H]2[C@@H](C1)N=C(SCc1ccc(Br)cc1)N2c1ccccc1. The second-order valence-electron chi connectivity index (χ2n) is 6.24. The highest BCUT2D eigenvalue weighted by atomic mass is 79.9. The lowest BCUT2D eigenvalue weighted by Crippen LogP contribution is -2.39. The first-order valence-corrected chi connectivity index (χ1v) is 11.6. The number of anilines is 1. The van der Waals surface area contributed by atoms with Crippen LogP contribution in [0.25, 0.3) is 0 Å². The van der Waals surface area contributed by atoms with Crippen LogP contribution < -0.4 is 4.90 Å². The molecular weight excluding hydrogens is 420 g/mol. The van der Waals surface area contributed by atoms with Crippen LogP contribution in [0.5, 0.6) is 0 Å². The summed E-state index contributed by atoms with van der Waals surface area (Å²) >= 11 is 5.12. The number of rotatable bonds is 3. The molecule has 0 spiro atoms. The third kappa shape index (κ3) is 3.64. The van der Waals surface area contributed by atoms with Crippen LogP contribution in [0, 0.1) is 0 Å². The molecule has 25 heavy (non-hydrogen) atoms. The average molecular weight is 437 g/mol. The van der Waals surface area contributed by atoms with Gasteiger partial charge in [0.15, 0.2) is 15.0 Å². The molecule has 0 unspecified atom stereocenters. The molecule has 2 aliphatic rings. The third-order valence-electron chi connectivity index (χ3n) is 4.42. The van der Waals surface area contributed by atoms with Gasteiger partial charge in [-0.15, -0.1) is 0 Å². The minimum absolute atomic E-state index is 0.0835. The van der Waals surface area contributed by atoms with E-state index in [0.29, 0.717) is 0 Å². The Kier molecular flexibility index (Phi) is 4.64. The smallest absolute Gasteiger partial charge is 0.164 e. The van der Waals surface area contributed by atoms with Crippen LogP contribution >= 0.6 is 27.7 Å². The van der Waals surface area contributed by atoms with E-state index < -0.39 is 9.84 Å². The minimum atomic E-state index is -3.00. The number of nitrogens with zero attached hydrogens (tertiary/aromatic N) is 2. The number of halogens is 1. The first-order chi connectivity index (χ1) is 12.0. The van der Waals surface area contributed by atoms with Gasteiger partial charge in [0.1, 0.15) is 0 Å². The molecule has 1 saturated heterocycles. The molecule has 4 nitrogen and oxygen atoms in total. The second kappa shape index (κ2) is 6.78. The van der Waals surface area contributed by atoms with Crippen LogP contribution in [0.3, 0.4) is 0 Å². The molecule has 0 saturated carbocycles. The molecule has 0 amide bonds. The van der Waals surface area contributed by atoms with Crippen molar-refractivity contribution in [2.45, 2.75) is 17.8 Å². The van der Waals surface area contributed by atoms with E-state index in [2.05, 4.69) is 33.0 Å². The van der Waals surface area contributed by atoms with Gasteiger partial charge in [-0.25, -0.2) is 8.42 Å². The molecular formula is C18H17BrN2O2S2. The van der Waals surface area contributed by atoms with Crippen molar-refractivity contribution in [2.24, 2.45) is 4.99 Å². The number of fused-ring (bicyclic) bond motifs is 1. The summed E-state index contributed by atoms with van der Waals surface area (Å²) in [6.07, 6.45) is 0. The maximum absolute atomic E-state index is 12.0. The van der Waals surface area contributed by atoms with E-state index in [9.17, 15) is 8.42 Å². The number of sulfone groups is 1. The predicted molar refractivity (Wildman–Crippen MR) is 108 cm³/mol. The van der Waals surface area contributed by atoms with Crippen molar-refractivity contribution in [2.75, 3.05) is 16.4 Å². The van der Waals surface area contributed by atoms with Crippen molar-refractivity contribution in [3.8, 4) is 0 Å². The molecule has 0 radical (unpaired) electrons. The first-order valence-electron chi connectivity index (χ1n) is 8.02. The van der Waals surface area contributed by atoms with E-state index in [-0.39, 0.29) is 23.6 Å². The van der Waals surface area contributed by atoms with Crippen molar-refractivity contribution in [3.05, 3.63) is 64.6 Å². The highest BCUT2D eigenvalue weighted by Crippen LogP contribution is 2.35. The van der Waals surface area contributed by atoms with Crippen LogP contribution in [0.4, 0.5) is 5.69 Å². The third-order valence-corrected chi connectivity index (χ3v) is 7.69. The van der Waals surface area contributed by atoms with Gasteiger partial charge in [0.2, 0.25) is 0 Å². The number of aliphatic imine (C=N–C) groups is 1. The van der Waals surface area contributed by atoms with E-state index in [1.807, 2.05) is 42.5 Å². The van der Waals surface area contributed by atoms with Crippen LogP contribution in [-0.2, 0) is 15.6 Å². The van der Waals surface area contributed by atoms with Gasteiger partial charge in [-0.1, -0.05) is 58.0 Å². The lowest BCUT2D eigenvalue weighted by Gasteiger charge is -2.26. The van der Waals surface area contributed by atoms with Crippen molar-refractivity contribution in [3.63, 3.8) is 0 Å². The second-order valence-corrected chi connectivity index (χ2v) is 10.3. The maximum Gasteiger partial charge on any atom is 0.164 e. The van der Waals surface area contributed by atoms with Gasteiger partial charge in [-0.3, -0.25) is 4.99 Å². The fraction of sp³-hybridized carbons (Fsp3) is 0.278. The molecule has 0 aliphatic carbocycles. The molecule has 2 heterocycles. The molecule has 0 aromatic heterocycles. The number of para-hydroxylation sites is 1. The summed E-state index contributed by atoms with van der Waals surface area (Å²) in [5.41, 5.74) is 2.22. The maximum atomic E-state index is 12.0. The molecule has 2 aromatic rings. The van der Waals surface area contributed by atoms with Crippen molar-refractivity contribution in [1.29, 1.82) is 0 Å². The zero-order valence-electron chi connectivity index (χ0n) is 13.4. The molecule has 2 aromatic carbocycles. The highest BCUT2D eigenvalue weighted by molar-refractivity contribution is 9.10. The lowest BCUT2D eigenvalue weighted by molar-refractivity contribution is 0.601. The summed E-state index contributed by atoms with van der Waals surface area (Å²) in [6, 6.07) is 17.9. The summed E-state index contributed by atoms with van der Waals surface area (Å²) in [6.45, 7) is 0. The largest absolute Gasteiger partial charge is 0.315 e. The number of amidine groups is 1. The number of hydrogen-bond acceptors (Lipinski definition) is 5. The molecule has 0 N–H and O–H groups in total. The number of benzene rings is 2. The summed E-state index contributed by atoms with van der Waals surface area (Å²) in [5, 5.41) is 0.916. The van der Waals surface area contributed by atoms with Crippen molar-refractivity contribution < 1.29 is 8.42 Å². The standard InChI is InChI=1S/C18H17BrN2O2S2/c19-14-8-6-13(7-9-14)10-24-18-20-16-11-25(22,23)12-17(16)21(18)15-4-2-1-3-5-15/h1-9,16-17H,10-12H2/t16-,17-/m1/s1. The molecule has 1 fully saturated rings. The number of hydrogen-bond donors (Lipinski definition) is 0. The predicted octanol–water partition coefficient (Wildman–Crippen LogP) is 3.72. The quantitative estimate of drug-likeness (QED) is 0.735. The van der Waals surface area contributed by atoms with Gasteiger partial charge >= 0.3 is 0 Å². The normalized spacial score (nSPS) is 24.2. The van der Waals surface area contributed by atoms with Crippen molar-refractivity contribution in [1.82, 2.24) is 0 Å². The molecule has 2 aliphatic heterocycles. The fourth-order valence-corrected chi connectivity index (χ4v) is 6.44. The highest BCUT2D eigenvalue weighted by Gasteiger charge is 2.47. The molecule has 130 valence electrons. The summed E-state index contributed by atoms with van der Waals surface area (Å²) in [5.74, 6) is 1.14. The fourth-order valence-electron chi connectivity index (χ4n) is 3.25. The van der Waals surface area contributed by atoms with E-state index in [4.69, 9.17) is 4.99 Å². The Morgan fingerprint density at radius 1 is 1.08 bits per heavy atom. The van der Waals surface area contributed by atoms with Gasteiger partial charge in [-0.05, 0) is 29.8 Å². The van der Waals surface area contributed by atoms with Gasteiger partial charge in [0.25, 0.3) is 0 Å². The zero-order valence-corrected chi connectivity index (χ0v) is 16.6. The van der Waals surface area contributed by atoms with E-state index >= 15 is 0 Å². The lowest BCUT2D eigenvalue weighted by atomic mass is 10.1. The molecule has 7 heteroatoms. The molecule has 4 rings (SSSR count). The average Bonchev–Trinajstić information content (AvgIpc) is 3.06. The van der Waals surface area contributed by atoms with E-state index in [1.165, 1.54) is 5.56 Å². The zero-order chi connectivity index (χ0) is 17.4. The number of thioether (sulfide) groups is 1. The van der Waals surface area contributed by atoms with Crippen LogP contribution in [0.1, 0.15) is 5.56 Å². The summed E-state index contributed by atoms with van der Waals surface area (Å²) < 4.78 is 25.1. The Bertz CT molecular complexity index is 898. The van der Waals surface area contributed by atoms with E-state index in [1.54, 1.807) is 11.8 Å². The van der Waals surface area contributed by atoms with Gasteiger partial charge in [0, 0.05) is 15.9 Å². The van der Waals surface area contributed by atoms with Crippen molar-refractivity contribution >= 4 is 48.4 Å². The molecule has 2 atom stereocenters. The van der Waals surface area contributed by atoms with Gasteiger partial charge in [-0.2, -0.15) is 0 Å². The van der Waals surface area contributed by atoms with E-state index in [0.717, 1.165) is 21.1 Å². The summed E-state index contributed by atoms with van der Waals surface area (Å²) in [4.78, 5) is 6.86. The topological polar surface area (TPSA) is 49.7 Å². The minimum Gasteiger partial charge on any atom is -0.315 e. The van der Waals surface area contributed by atoms with Gasteiger partial charge in [0.05, 0.1) is 23.6 Å². The van der Waals surface area contributed by atoms with Gasteiger partial charge < -0.3 is 4.90 Å². The monoisotopic (exact) mass is 436 g/mol. The Morgan fingerprint density at radius 3 is 2.52 bits per heavy atom. The van der Waals surface area contributed by atoms with Crippen LogP contribution in [0.15, 0.2) is 64.1 Å². The Hall–Kier alpha value is -1.31. The molecule has 0 bridgehead atoms. The Morgan fingerprint density at radius 2 is 1.80 bits per heavy atom. The first kappa shape index (κ1) is 17.1. The summed E-state index contributed by atoms with van der Waals surface area (Å²) in [7, 11) is -3.00. The Balaban J connectivity index is 1.59. The Labute approximate surface area is 160 Å². The van der Waals surface area contributed by atoms with Crippen LogP contribution in [-0.4, -0.2) is 37.2 Å².